The molecule has 2 aliphatic rings. The molecule has 0 atom stereocenters. The quantitative estimate of drug-likeness (QED) is 0.154. The summed E-state index contributed by atoms with van der Waals surface area (Å²) in [5.41, 5.74) is 16.7. The zero-order chi connectivity index (χ0) is 37.7. The van der Waals surface area contributed by atoms with Crippen LogP contribution in [0.25, 0.3) is 27.8 Å². The standard InChI is InChI=1S/C50H44N2.C2H6/c1-4-5-9-19-37(2)48-36-40(30-32-49(48)51-44-24-12-7-13-25-44)39-22-18-23-41(34-39)46-28-16-17-29-47(46)42-31-33-50-43(35-42)21-11-6-10-20-38(3)52(50)45-26-14-8-15-27-45;1-2/h4-20,22-29,31,33-36,51H,1,3,21,30,32H2,2H3;1-2H3/b9-5-,11-6-,20-10-,37-19+;. The van der Waals surface area contributed by atoms with Gasteiger partial charge in [0, 0.05) is 28.5 Å². The molecule has 54 heavy (non-hydrogen) atoms. The molecule has 0 saturated carbocycles. The number of anilines is 3. The van der Waals surface area contributed by atoms with Gasteiger partial charge in [-0.25, -0.2) is 0 Å². The van der Waals surface area contributed by atoms with Gasteiger partial charge in [0.05, 0.1) is 0 Å². The minimum atomic E-state index is 0.824. The average Bonchev–Trinajstić information content (AvgIpc) is 3.30. The monoisotopic (exact) mass is 702 g/mol. The van der Waals surface area contributed by atoms with Gasteiger partial charge in [0.15, 0.2) is 0 Å². The van der Waals surface area contributed by atoms with Crippen LogP contribution in [0.2, 0.25) is 0 Å². The summed E-state index contributed by atoms with van der Waals surface area (Å²) in [6.45, 7) is 14.5. The van der Waals surface area contributed by atoms with Crippen LogP contribution in [-0.4, -0.2) is 0 Å². The minimum absolute atomic E-state index is 0.824. The Balaban J connectivity index is 0.00000245. The van der Waals surface area contributed by atoms with Crippen LogP contribution in [0.1, 0.15) is 44.7 Å². The van der Waals surface area contributed by atoms with Gasteiger partial charge in [-0.2, -0.15) is 0 Å². The molecule has 0 radical (unpaired) electrons. The summed E-state index contributed by atoms with van der Waals surface area (Å²) in [6, 6.07) is 45.6. The maximum atomic E-state index is 4.43. The highest BCUT2D eigenvalue weighted by Gasteiger charge is 2.19. The Labute approximate surface area is 322 Å². The Hall–Kier alpha value is -6.38. The average molecular weight is 703 g/mol. The van der Waals surface area contributed by atoms with Gasteiger partial charge in [-0.05, 0) is 131 Å². The second-order valence-electron chi connectivity index (χ2n) is 13.1. The fourth-order valence-electron chi connectivity index (χ4n) is 7.06. The molecule has 5 aromatic carbocycles. The topological polar surface area (TPSA) is 15.3 Å². The van der Waals surface area contributed by atoms with Crippen molar-refractivity contribution in [2.24, 2.45) is 0 Å². The van der Waals surface area contributed by atoms with Crippen LogP contribution >= 0.6 is 0 Å². The highest BCUT2D eigenvalue weighted by molar-refractivity contribution is 5.87. The van der Waals surface area contributed by atoms with Gasteiger partial charge in [-0.15, -0.1) is 0 Å². The lowest BCUT2D eigenvalue weighted by Gasteiger charge is -2.28. The Morgan fingerprint density at radius 3 is 2.13 bits per heavy atom. The summed E-state index contributed by atoms with van der Waals surface area (Å²) in [4.78, 5) is 2.26. The molecule has 1 aliphatic carbocycles. The molecule has 2 nitrogen and oxygen atoms in total. The predicted octanol–water partition coefficient (Wildman–Crippen LogP) is 14.6. The van der Waals surface area contributed by atoms with E-state index in [1.165, 1.54) is 55.8 Å². The summed E-state index contributed by atoms with van der Waals surface area (Å²) in [7, 11) is 0. The fraction of sp³-hybridized carbons (Fsp3) is 0.115. The Kier molecular flexibility index (Phi) is 12.7. The van der Waals surface area contributed by atoms with E-state index in [1.54, 1.807) is 0 Å². The van der Waals surface area contributed by atoms with Gasteiger partial charge >= 0.3 is 0 Å². The Bertz CT molecular complexity index is 2280. The lowest BCUT2D eigenvalue weighted by molar-refractivity contribution is 0.962. The van der Waals surface area contributed by atoms with Gasteiger partial charge in [0.1, 0.15) is 0 Å². The van der Waals surface area contributed by atoms with Crippen LogP contribution in [0.5, 0.6) is 0 Å². The molecule has 0 aromatic heterocycles. The number of benzene rings is 5. The van der Waals surface area contributed by atoms with E-state index >= 15 is 0 Å². The molecule has 0 amide bonds. The first-order chi connectivity index (χ1) is 26.6. The van der Waals surface area contributed by atoms with Gasteiger partial charge < -0.3 is 10.2 Å². The fourth-order valence-corrected chi connectivity index (χ4v) is 7.06. The number of allylic oxidation sites excluding steroid dienone is 13. The first-order valence-corrected chi connectivity index (χ1v) is 19.0. The first kappa shape index (κ1) is 37.4. The molecule has 1 heterocycles. The van der Waals surface area contributed by atoms with Crippen molar-refractivity contribution in [2.75, 3.05) is 10.2 Å². The highest BCUT2D eigenvalue weighted by atomic mass is 15.1. The normalized spacial score (nSPS) is 15.5. The molecular formula is C52H50N2. The van der Waals surface area contributed by atoms with Crippen molar-refractivity contribution in [2.45, 2.75) is 40.0 Å². The van der Waals surface area contributed by atoms with E-state index in [9.17, 15) is 0 Å². The van der Waals surface area contributed by atoms with Gasteiger partial charge in [-0.1, -0.05) is 154 Å². The number of rotatable bonds is 9. The van der Waals surface area contributed by atoms with Crippen LogP contribution in [0, 0.1) is 0 Å². The number of para-hydroxylation sites is 2. The first-order valence-electron chi connectivity index (χ1n) is 19.0. The number of hydrogen-bond donors (Lipinski definition) is 1. The van der Waals surface area contributed by atoms with Crippen LogP contribution in [0.15, 0.2) is 218 Å². The predicted molar refractivity (Wildman–Crippen MR) is 236 cm³/mol. The Morgan fingerprint density at radius 1 is 0.704 bits per heavy atom. The van der Waals surface area contributed by atoms with E-state index in [4.69, 9.17) is 0 Å². The molecular weight excluding hydrogens is 653 g/mol. The summed E-state index contributed by atoms with van der Waals surface area (Å²) >= 11 is 0. The summed E-state index contributed by atoms with van der Waals surface area (Å²) in [5, 5.41) is 3.72. The van der Waals surface area contributed by atoms with Crippen molar-refractivity contribution in [1.29, 1.82) is 0 Å². The van der Waals surface area contributed by atoms with Gasteiger partial charge in [-0.3, -0.25) is 0 Å². The van der Waals surface area contributed by atoms with Crippen LogP contribution in [0.4, 0.5) is 17.1 Å². The van der Waals surface area contributed by atoms with Crippen molar-refractivity contribution in [1.82, 2.24) is 0 Å². The molecule has 1 aliphatic heterocycles. The molecule has 0 unspecified atom stereocenters. The maximum absolute atomic E-state index is 4.43. The molecule has 2 heteroatoms. The zero-order valence-corrected chi connectivity index (χ0v) is 31.8. The summed E-state index contributed by atoms with van der Waals surface area (Å²) in [6.07, 6.45) is 21.6. The molecule has 0 saturated heterocycles. The molecule has 1 N–H and O–H groups in total. The number of nitrogens with one attached hydrogen (secondary N) is 1. The van der Waals surface area contributed by atoms with Gasteiger partial charge in [0.25, 0.3) is 0 Å². The summed E-state index contributed by atoms with van der Waals surface area (Å²) in [5.74, 6) is 0. The lowest BCUT2D eigenvalue weighted by Crippen LogP contribution is -2.15. The van der Waals surface area contributed by atoms with E-state index in [1.807, 2.05) is 26.0 Å². The van der Waals surface area contributed by atoms with E-state index in [0.717, 1.165) is 42.0 Å². The number of nitrogens with zero attached hydrogens (tertiary/aromatic N) is 1. The second-order valence-corrected chi connectivity index (χ2v) is 13.1. The van der Waals surface area contributed by atoms with Crippen molar-refractivity contribution in [3.8, 4) is 22.3 Å². The maximum Gasteiger partial charge on any atom is 0.0496 e. The summed E-state index contributed by atoms with van der Waals surface area (Å²) < 4.78 is 0. The van der Waals surface area contributed by atoms with E-state index in [0.29, 0.717) is 0 Å². The van der Waals surface area contributed by atoms with E-state index < -0.39 is 0 Å². The van der Waals surface area contributed by atoms with E-state index in [2.05, 4.69) is 200 Å². The molecule has 268 valence electrons. The number of hydrogen-bond acceptors (Lipinski definition) is 2. The number of fused-ring (bicyclic) bond motifs is 1. The van der Waals surface area contributed by atoms with Crippen LogP contribution in [0.3, 0.4) is 0 Å². The lowest BCUT2D eigenvalue weighted by atomic mass is 9.86. The largest absolute Gasteiger partial charge is 0.358 e. The van der Waals surface area contributed by atoms with Crippen LogP contribution in [-0.2, 0) is 6.42 Å². The smallest absolute Gasteiger partial charge is 0.0496 e. The van der Waals surface area contributed by atoms with Gasteiger partial charge in [0.2, 0.25) is 0 Å². The molecule has 0 spiro atoms. The third-order valence-corrected chi connectivity index (χ3v) is 9.65. The second kappa shape index (κ2) is 18.4. The molecule has 0 fully saturated rings. The third kappa shape index (κ3) is 8.80. The van der Waals surface area contributed by atoms with Crippen LogP contribution < -0.4 is 10.2 Å². The zero-order valence-electron chi connectivity index (χ0n) is 31.8. The molecule has 7 rings (SSSR count). The molecule has 5 aromatic rings. The van der Waals surface area contributed by atoms with Crippen molar-refractivity contribution in [3.05, 3.63) is 229 Å². The van der Waals surface area contributed by atoms with E-state index in [-0.39, 0.29) is 0 Å². The van der Waals surface area contributed by atoms with Crippen molar-refractivity contribution >= 4 is 22.6 Å². The third-order valence-electron chi connectivity index (χ3n) is 9.65. The van der Waals surface area contributed by atoms with Crippen molar-refractivity contribution in [3.63, 3.8) is 0 Å². The highest BCUT2D eigenvalue weighted by Crippen LogP contribution is 2.40. The molecule has 0 bridgehead atoms. The SMILES string of the molecule is C=C/C=C\C=C(/C)C1=C(Nc2ccccc2)CCC(c2cccc(-c3ccccc3-c3ccc4c(c3)C/C=C\C=C/C(=C)N4c3ccccc3)c2)=C1.CC. The Morgan fingerprint density at radius 2 is 1.39 bits per heavy atom. The van der Waals surface area contributed by atoms with Crippen molar-refractivity contribution < 1.29 is 0 Å². The minimum Gasteiger partial charge on any atom is -0.358 e.